The van der Waals surface area contributed by atoms with Crippen LogP contribution < -0.4 is 42.7 Å². The Morgan fingerprint density at radius 3 is 2.45 bits per heavy atom. The van der Waals surface area contributed by atoms with Gasteiger partial charge in [-0.05, 0) is 25.3 Å². The Balaban J connectivity index is 1.41. The highest BCUT2D eigenvalue weighted by molar-refractivity contribution is 8.05. The number of aliphatic hydroxyl groups is 2. The third-order valence-corrected chi connectivity index (χ3v) is 10.6. The van der Waals surface area contributed by atoms with Crippen molar-refractivity contribution in [2.45, 2.75) is 74.8 Å². The third kappa shape index (κ3) is 9.89. The molecule has 3 aromatic heterocycles. The number of nitrogens with two attached hydrogens (primary N) is 2. The van der Waals surface area contributed by atoms with Crippen LogP contribution in [0.15, 0.2) is 28.2 Å². The van der Waals surface area contributed by atoms with E-state index >= 15 is 0 Å². The second-order valence-corrected chi connectivity index (χ2v) is 16.1. The van der Waals surface area contributed by atoms with Crippen LogP contribution in [0, 0.1) is 0 Å². The molecule has 2 fully saturated rings. The molecule has 8 N–H and O–H groups in total. The first-order valence-electron chi connectivity index (χ1n) is 15.8. The Labute approximate surface area is 303 Å². The van der Waals surface area contributed by atoms with Crippen molar-refractivity contribution in [3.63, 3.8) is 0 Å². The number of carboxylic acids is 1. The van der Waals surface area contributed by atoms with Crippen molar-refractivity contribution in [2.75, 3.05) is 38.3 Å². The number of H-pyrrole nitrogens is 1. The normalized spacial score (nSPS) is 27.3. The second-order valence-electron chi connectivity index (χ2n) is 11.8. The lowest BCUT2D eigenvalue weighted by molar-refractivity contribution is -0.322. The maximum absolute atomic E-state index is 14.5. The third-order valence-electron chi connectivity index (χ3n) is 8.17. The lowest BCUT2D eigenvalue weighted by Crippen LogP contribution is -2.40. The van der Waals surface area contributed by atoms with Gasteiger partial charge in [-0.15, -0.1) is 11.8 Å². The Morgan fingerprint density at radius 1 is 1.06 bits per heavy atom. The van der Waals surface area contributed by atoms with Gasteiger partial charge in [0.1, 0.15) is 42.4 Å². The zero-order valence-corrected chi connectivity index (χ0v) is 30.3. The van der Waals surface area contributed by atoms with E-state index < -0.39 is 94.0 Å². The number of anilines is 2. The highest BCUT2D eigenvalue weighted by Gasteiger charge is 2.51. The van der Waals surface area contributed by atoms with E-state index in [1.54, 1.807) is 0 Å². The summed E-state index contributed by atoms with van der Waals surface area (Å²) in [6.07, 6.45) is -8.61. The molecule has 5 rings (SSSR count). The quantitative estimate of drug-likeness (QED) is 0.0520. The maximum Gasteiger partial charge on any atom is 0.406 e. The topological polar surface area (TPSA) is 362 Å². The molecule has 0 bridgehead atoms. The van der Waals surface area contributed by atoms with Gasteiger partial charge in [-0.25, -0.2) is 19.4 Å². The first-order valence-corrected chi connectivity index (χ1v) is 19.9. The summed E-state index contributed by atoms with van der Waals surface area (Å²) >= 11 is 4.37. The van der Waals surface area contributed by atoms with E-state index in [1.165, 1.54) is 30.3 Å². The largest absolute Gasteiger partial charge is 0.812 e. The number of aliphatic carboxylic acids is 1. The second kappa shape index (κ2) is 17.0. The minimum atomic E-state index is -4.77. The predicted molar refractivity (Wildman–Crippen MR) is 176 cm³/mol. The summed E-state index contributed by atoms with van der Waals surface area (Å²) in [5.41, 5.74) is 9.52. The van der Waals surface area contributed by atoms with Gasteiger partial charge in [-0.2, -0.15) is 9.97 Å². The molecule has 5 heterocycles. The summed E-state index contributed by atoms with van der Waals surface area (Å²) in [4.78, 5) is 73.3. The lowest BCUT2D eigenvalue weighted by Gasteiger charge is -2.36. The van der Waals surface area contributed by atoms with Crippen LogP contribution >= 0.6 is 14.5 Å². The molecule has 2 aliphatic rings. The molecule has 2 saturated heterocycles. The van der Waals surface area contributed by atoms with E-state index in [1.807, 2.05) is 0 Å². The number of hydrogen-bond acceptors (Lipinski definition) is 21. The van der Waals surface area contributed by atoms with Gasteiger partial charge >= 0.3 is 13.4 Å². The fraction of sp³-hybridized carbons (Fsp3) is 0.615. The molecule has 9 atom stereocenters. The van der Waals surface area contributed by atoms with Crippen LogP contribution in [0.25, 0.3) is 11.2 Å². The summed E-state index contributed by atoms with van der Waals surface area (Å²) in [6.45, 7) is -6.32. The number of ether oxygens (including phenoxy) is 3. The highest BCUT2D eigenvalue weighted by Crippen LogP contribution is 2.50. The van der Waals surface area contributed by atoms with Crippen LogP contribution in [0.1, 0.15) is 38.1 Å². The van der Waals surface area contributed by atoms with Crippen LogP contribution in [0.2, 0.25) is 0 Å². The summed E-state index contributed by atoms with van der Waals surface area (Å²) in [6, 6.07) is 1.27. The van der Waals surface area contributed by atoms with Crippen LogP contribution in [0.5, 0.6) is 0 Å². The smallest absolute Gasteiger partial charge is 0.406 e. The number of imidazole rings is 1. The molecule has 2 aliphatic heterocycles. The zero-order valence-electron chi connectivity index (χ0n) is 27.7. The van der Waals surface area contributed by atoms with Crippen molar-refractivity contribution < 1.29 is 62.2 Å². The SMILES string of the molecule is CO[C@@H]1[C@H](OP(=O)(NCCCCCC(=O)[O-])OC[C@H]2O[C@@H](n3ccc(N)nc3=O)[C@H](O)[C@@H]2O)[C@@H](COP([O-])([O-])=S)O[C@H]1n1cnc2c(=O)[nH]c(N)nc21. The van der Waals surface area contributed by atoms with Crippen molar-refractivity contribution in [3.8, 4) is 0 Å². The van der Waals surface area contributed by atoms with Crippen molar-refractivity contribution in [1.29, 1.82) is 0 Å². The molecule has 294 valence electrons. The fourth-order valence-electron chi connectivity index (χ4n) is 5.69. The van der Waals surface area contributed by atoms with Crippen molar-refractivity contribution in [3.05, 3.63) is 39.4 Å². The Morgan fingerprint density at radius 2 is 1.77 bits per heavy atom. The number of carboxylic acid groups (broad SMARTS) is 1. The average Bonchev–Trinajstić information content (AvgIpc) is 3.73. The van der Waals surface area contributed by atoms with Crippen molar-refractivity contribution in [1.82, 2.24) is 34.2 Å². The van der Waals surface area contributed by atoms with E-state index in [0.29, 0.717) is 6.42 Å². The molecular weight excluding hydrogens is 772 g/mol. The Kier molecular flexibility index (Phi) is 13.2. The number of hydrogen-bond donors (Lipinski definition) is 6. The van der Waals surface area contributed by atoms with E-state index in [4.69, 9.17) is 39.2 Å². The number of aromatic nitrogens is 6. The molecule has 0 saturated carbocycles. The van der Waals surface area contributed by atoms with E-state index in [9.17, 15) is 44.1 Å². The van der Waals surface area contributed by atoms with Gasteiger partial charge in [-0.1, -0.05) is 13.1 Å². The summed E-state index contributed by atoms with van der Waals surface area (Å²) in [5.74, 6) is -1.60. The first kappa shape index (κ1) is 40.9. The molecule has 0 aromatic carbocycles. The molecule has 53 heavy (non-hydrogen) atoms. The minimum absolute atomic E-state index is 0.0543. The zero-order chi connectivity index (χ0) is 38.7. The Hall–Kier alpha value is -3.26. The molecule has 27 heteroatoms. The number of carbonyl (C=O) groups is 1. The molecule has 0 spiro atoms. The molecule has 0 aliphatic carbocycles. The van der Waals surface area contributed by atoms with Gasteiger partial charge in [0.2, 0.25) is 5.95 Å². The highest BCUT2D eigenvalue weighted by atomic mass is 32.5. The minimum Gasteiger partial charge on any atom is -0.812 e. The van der Waals surface area contributed by atoms with Crippen molar-refractivity contribution >= 4 is 55.2 Å². The van der Waals surface area contributed by atoms with E-state index in [-0.39, 0.29) is 48.7 Å². The van der Waals surface area contributed by atoms with E-state index in [0.717, 1.165) is 4.57 Å². The fourth-order valence-corrected chi connectivity index (χ4v) is 7.78. The summed E-state index contributed by atoms with van der Waals surface area (Å²) in [7, 11) is -3.38. The van der Waals surface area contributed by atoms with Gasteiger partial charge in [0.05, 0.1) is 19.5 Å². The van der Waals surface area contributed by atoms with E-state index in [2.05, 4.69) is 36.8 Å². The molecule has 1 unspecified atom stereocenters. The Bertz CT molecular complexity index is 1980. The number of unbranched alkanes of at least 4 members (excludes halogenated alkanes) is 2. The number of carbonyl (C=O) groups excluding carboxylic acids is 1. The van der Waals surface area contributed by atoms with Gasteiger partial charge in [0.15, 0.2) is 23.6 Å². The number of methoxy groups -OCH3 is 1. The van der Waals surface area contributed by atoms with Gasteiger partial charge < -0.3 is 60.1 Å². The first-order chi connectivity index (χ1) is 25.0. The molecule has 0 radical (unpaired) electrons. The average molecular weight is 809 g/mol. The number of nitrogens with one attached hydrogen (secondary N) is 2. The summed E-state index contributed by atoms with van der Waals surface area (Å²) < 4.78 is 50.6. The van der Waals surface area contributed by atoms with Gasteiger partial charge in [-0.3, -0.25) is 28.0 Å². The maximum atomic E-state index is 14.5. The van der Waals surface area contributed by atoms with Gasteiger partial charge in [0, 0.05) is 25.8 Å². The van der Waals surface area contributed by atoms with Crippen LogP contribution in [-0.4, -0.2) is 109 Å². The molecule has 24 nitrogen and oxygen atoms in total. The molecular formula is C26H36N9O15P2S-3. The van der Waals surface area contributed by atoms with Gasteiger partial charge in [0.25, 0.3) is 5.56 Å². The van der Waals surface area contributed by atoms with Crippen LogP contribution in [0.4, 0.5) is 11.8 Å². The number of fused-ring (bicyclic) bond motifs is 1. The molecule has 0 amide bonds. The standard InChI is InChI=1S/C26H39N9O15P2S/c1-45-20-19(13(10-47-52(43,44)53)49-24(20)35-11-29-16-21(35)32-25(28)33-22(16)40)50-51(42,30-7-4-2-3-5-15(36)37)46-9-12-17(38)18(39)23(48-12)34-8-6-14(27)31-26(34)41/h6,8,11-13,17-20,23-24,38-39H,2-5,7,9-10H2,1H3,(H,30,42)(H,36,37)(H2,27,31,41)(H2,43,44,53)(H3,28,32,33,40)/p-3/t12-,13-,17-,18-,19-,20-,23-,24-,51?/m1/s1. The van der Waals surface area contributed by atoms with Crippen LogP contribution in [0.3, 0.4) is 0 Å². The monoisotopic (exact) mass is 808 g/mol. The molecule has 3 aromatic rings. The summed E-state index contributed by atoms with van der Waals surface area (Å²) in [5, 5.41) is 34.9. The predicted octanol–water partition coefficient (Wildman–Crippen LogP) is -4.56. The van der Waals surface area contributed by atoms with Crippen molar-refractivity contribution in [2.24, 2.45) is 0 Å². The number of rotatable bonds is 18. The van der Waals surface area contributed by atoms with Crippen LogP contribution in [-0.2, 0) is 48.9 Å². The number of aliphatic hydroxyl groups excluding tert-OH is 2. The number of aromatic amines is 1. The lowest BCUT2D eigenvalue weighted by atomic mass is 10.1. The number of nitrogen functional groups attached to an aromatic ring is 2. The number of nitrogens with zero attached hydrogens (tertiary/aromatic N) is 5.